The van der Waals surface area contributed by atoms with Crippen molar-refractivity contribution in [1.29, 1.82) is 0 Å². The number of halogens is 1. The quantitative estimate of drug-likeness (QED) is 0.838. The van der Waals surface area contributed by atoms with Crippen LogP contribution in [0.4, 0.5) is 4.39 Å². The fourth-order valence-electron chi connectivity index (χ4n) is 2.42. The van der Waals surface area contributed by atoms with E-state index >= 15 is 0 Å². The Morgan fingerprint density at radius 1 is 1.44 bits per heavy atom. The van der Waals surface area contributed by atoms with E-state index in [2.05, 4.69) is 15.3 Å². The van der Waals surface area contributed by atoms with E-state index < -0.39 is 5.82 Å². The van der Waals surface area contributed by atoms with Gasteiger partial charge in [0.25, 0.3) is 5.56 Å². The van der Waals surface area contributed by atoms with Gasteiger partial charge in [-0.05, 0) is 43.6 Å². The maximum atomic E-state index is 13.1. The number of aromatic amines is 1. The molecule has 0 bridgehead atoms. The molecular formula is C13H14FN3O. The molecule has 0 aliphatic carbocycles. The van der Waals surface area contributed by atoms with Crippen molar-refractivity contribution >= 4 is 10.9 Å². The molecule has 1 aromatic heterocycles. The smallest absolute Gasteiger partial charge is 0.258 e. The van der Waals surface area contributed by atoms with Crippen molar-refractivity contribution in [2.45, 2.75) is 12.8 Å². The summed E-state index contributed by atoms with van der Waals surface area (Å²) in [5.74, 6) is 0.793. The van der Waals surface area contributed by atoms with Crippen LogP contribution < -0.4 is 10.9 Å². The van der Waals surface area contributed by atoms with Gasteiger partial charge in [0.1, 0.15) is 11.6 Å². The molecular weight excluding hydrogens is 233 g/mol. The zero-order valence-corrected chi connectivity index (χ0v) is 9.87. The molecule has 1 aliphatic rings. The average molecular weight is 247 g/mol. The van der Waals surface area contributed by atoms with Gasteiger partial charge in [0.15, 0.2) is 0 Å². The molecule has 1 atom stereocenters. The van der Waals surface area contributed by atoms with Crippen molar-refractivity contribution in [3.8, 4) is 0 Å². The van der Waals surface area contributed by atoms with E-state index in [0.717, 1.165) is 25.9 Å². The number of hydrogen-bond acceptors (Lipinski definition) is 3. The number of hydrogen-bond donors (Lipinski definition) is 2. The first-order chi connectivity index (χ1) is 8.72. The molecule has 0 spiro atoms. The van der Waals surface area contributed by atoms with Gasteiger partial charge in [-0.25, -0.2) is 9.37 Å². The number of H-pyrrole nitrogens is 1. The second-order valence-corrected chi connectivity index (χ2v) is 4.74. The van der Waals surface area contributed by atoms with Crippen LogP contribution in [-0.2, 0) is 6.42 Å². The fourth-order valence-corrected chi connectivity index (χ4v) is 2.42. The molecule has 18 heavy (non-hydrogen) atoms. The van der Waals surface area contributed by atoms with Crippen molar-refractivity contribution in [2.75, 3.05) is 13.1 Å². The summed E-state index contributed by atoms with van der Waals surface area (Å²) in [5, 5.41) is 3.59. The van der Waals surface area contributed by atoms with E-state index in [1.165, 1.54) is 12.1 Å². The predicted molar refractivity (Wildman–Crippen MR) is 67.0 cm³/mol. The molecule has 1 fully saturated rings. The van der Waals surface area contributed by atoms with E-state index in [0.29, 0.717) is 22.6 Å². The number of nitrogens with one attached hydrogen (secondary N) is 2. The SMILES string of the molecule is O=c1[nH]c(CC2CCNC2)nc2ccc(F)cc12. The molecule has 1 saturated heterocycles. The third-order valence-electron chi connectivity index (χ3n) is 3.36. The van der Waals surface area contributed by atoms with Gasteiger partial charge >= 0.3 is 0 Å². The topological polar surface area (TPSA) is 57.8 Å². The van der Waals surface area contributed by atoms with Crippen LogP contribution in [-0.4, -0.2) is 23.1 Å². The molecule has 1 aromatic carbocycles. The number of fused-ring (bicyclic) bond motifs is 1. The Morgan fingerprint density at radius 3 is 3.11 bits per heavy atom. The highest BCUT2D eigenvalue weighted by Crippen LogP contribution is 2.14. The van der Waals surface area contributed by atoms with E-state index in [9.17, 15) is 9.18 Å². The Bertz CT molecular complexity index is 632. The molecule has 5 heteroatoms. The number of rotatable bonds is 2. The zero-order valence-electron chi connectivity index (χ0n) is 9.87. The van der Waals surface area contributed by atoms with Gasteiger partial charge in [0, 0.05) is 6.42 Å². The number of nitrogens with zero attached hydrogens (tertiary/aromatic N) is 1. The van der Waals surface area contributed by atoms with Crippen LogP contribution in [0.5, 0.6) is 0 Å². The first-order valence-corrected chi connectivity index (χ1v) is 6.11. The molecule has 3 rings (SSSR count). The third-order valence-corrected chi connectivity index (χ3v) is 3.36. The summed E-state index contributed by atoms with van der Waals surface area (Å²) in [6.07, 6.45) is 1.86. The molecule has 0 radical (unpaired) electrons. The highest BCUT2D eigenvalue weighted by molar-refractivity contribution is 5.77. The van der Waals surface area contributed by atoms with E-state index in [-0.39, 0.29) is 5.56 Å². The van der Waals surface area contributed by atoms with E-state index in [1.807, 2.05) is 0 Å². The Kier molecular flexibility index (Phi) is 2.83. The lowest BCUT2D eigenvalue weighted by Gasteiger charge is -2.07. The lowest BCUT2D eigenvalue weighted by Crippen LogP contribution is -2.17. The van der Waals surface area contributed by atoms with Crippen molar-refractivity contribution in [3.63, 3.8) is 0 Å². The van der Waals surface area contributed by atoms with E-state index in [4.69, 9.17) is 0 Å². The Labute approximate surface area is 103 Å². The van der Waals surface area contributed by atoms with Gasteiger partial charge in [-0.3, -0.25) is 4.79 Å². The minimum atomic E-state index is -0.414. The van der Waals surface area contributed by atoms with Crippen LogP contribution in [0.2, 0.25) is 0 Å². The molecule has 2 N–H and O–H groups in total. The van der Waals surface area contributed by atoms with Crippen molar-refractivity contribution in [2.24, 2.45) is 5.92 Å². The molecule has 1 aliphatic heterocycles. The Balaban J connectivity index is 1.99. The molecule has 2 aromatic rings. The third kappa shape index (κ3) is 2.13. The monoisotopic (exact) mass is 247 g/mol. The summed E-state index contributed by atoms with van der Waals surface area (Å²) in [6, 6.07) is 4.11. The number of benzene rings is 1. The van der Waals surface area contributed by atoms with Crippen molar-refractivity contribution in [3.05, 3.63) is 40.2 Å². The molecule has 1 unspecified atom stereocenters. The van der Waals surface area contributed by atoms with Crippen LogP contribution in [0.3, 0.4) is 0 Å². The van der Waals surface area contributed by atoms with Gasteiger partial charge in [0.05, 0.1) is 10.9 Å². The highest BCUT2D eigenvalue weighted by Gasteiger charge is 2.16. The summed E-state index contributed by atoms with van der Waals surface area (Å²) in [4.78, 5) is 19.0. The molecule has 94 valence electrons. The second kappa shape index (κ2) is 4.49. The molecule has 4 nitrogen and oxygen atoms in total. The summed E-state index contributed by atoms with van der Waals surface area (Å²) in [7, 11) is 0. The van der Waals surface area contributed by atoms with Gasteiger partial charge in [-0.1, -0.05) is 0 Å². The van der Waals surface area contributed by atoms with Gasteiger partial charge in [-0.2, -0.15) is 0 Å². The summed E-state index contributed by atoms with van der Waals surface area (Å²) >= 11 is 0. The highest BCUT2D eigenvalue weighted by atomic mass is 19.1. The zero-order chi connectivity index (χ0) is 12.5. The summed E-state index contributed by atoms with van der Waals surface area (Å²) in [6.45, 7) is 1.98. The molecule has 0 amide bonds. The molecule has 2 heterocycles. The largest absolute Gasteiger partial charge is 0.316 e. The maximum Gasteiger partial charge on any atom is 0.258 e. The van der Waals surface area contributed by atoms with Crippen LogP contribution >= 0.6 is 0 Å². The lowest BCUT2D eigenvalue weighted by molar-refractivity contribution is 0.561. The predicted octanol–water partition coefficient (Wildman–Crippen LogP) is 1.21. The van der Waals surface area contributed by atoms with Crippen LogP contribution in [0.25, 0.3) is 10.9 Å². The van der Waals surface area contributed by atoms with Crippen LogP contribution in [0, 0.1) is 11.7 Å². The van der Waals surface area contributed by atoms with Gasteiger partial charge < -0.3 is 10.3 Å². The Hall–Kier alpha value is -1.75. The maximum absolute atomic E-state index is 13.1. The molecule has 0 saturated carbocycles. The minimum absolute atomic E-state index is 0.263. The minimum Gasteiger partial charge on any atom is -0.316 e. The van der Waals surface area contributed by atoms with Gasteiger partial charge in [-0.15, -0.1) is 0 Å². The summed E-state index contributed by atoms with van der Waals surface area (Å²) in [5.41, 5.74) is 0.293. The van der Waals surface area contributed by atoms with Crippen LogP contribution in [0.1, 0.15) is 12.2 Å². The normalized spacial score (nSPS) is 19.5. The first kappa shape index (κ1) is 11.3. The number of aromatic nitrogens is 2. The Morgan fingerprint density at radius 2 is 2.33 bits per heavy atom. The van der Waals surface area contributed by atoms with E-state index in [1.54, 1.807) is 6.07 Å². The van der Waals surface area contributed by atoms with Crippen LogP contribution in [0.15, 0.2) is 23.0 Å². The fraction of sp³-hybridized carbons (Fsp3) is 0.385. The average Bonchev–Trinajstić information content (AvgIpc) is 2.83. The van der Waals surface area contributed by atoms with Crippen molar-refractivity contribution < 1.29 is 4.39 Å². The standard InChI is InChI=1S/C13H14FN3O/c14-9-1-2-11-10(6-9)13(18)17-12(16-11)5-8-3-4-15-7-8/h1-2,6,8,15H,3-5,7H2,(H,16,17,18). The van der Waals surface area contributed by atoms with Crippen molar-refractivity contribution in [1.82, 2.24) is 15.3 Å². The summed E-state index contributed by atoms with van der Waals surface area (Å²) < 4.78 is 13.1. The second-order valence-electron chi connectivity index (χ2n) is 4.74. The van der Waals surface area contributed by atoms with Gasteiger partial charge in [0.2, 0.25) is 0 Å². The lowest BCUT2D eigenvalue weighted by atomic mass is 10.0. The first-order valence-electron chi connectivity index (χ1n) is 6.11.